The van der Waals surface area contributed by atoms with Crippen molar-refractivity contribution in [1.82, 2.24) is 10.1 Å². The van der Waals surface area contributed by atoms with Gasteiger partial charge in [0.15, 0.2) is 5.76 Å². The van der Waals surface area contributed by atoms with Gasteiger partial charge < -0.3 is 9.42 Å². The van der Waals surface area contributed by atoms with Crippen molar-refractivity contribution in [3.63, 3.8) is 0 Å². The van der Waals surface area contributed by atoms with Crippen LogP contribution >= 0.6 is 0 Å². The van der Waals surface area contributed by atoms with Crippen molar-refractivity contribution in [2.24, 2.45) is 0 Å². The largest absolute Gasteiger partial charge is 0.356 e. The first-order chi connectivity index (χ1) is 12.4. The lowest BCUT2D eigenvalue weighted by atomic mass is 10.0. The third kappa shape index (κ3) is 4.17. The van der Waals surface area contributed by atoms with E-state index in [0.29, 0.717) is 24.5 Å². The summed E-state index contributed by atoms with van der Waals surface area (Å²) in [5.41, 5.74) is 4.83. The number of halogens is 1. The summed E-state index contributed by atoms with van der Waals surface area (Å²) >= 11 is 0. The highest BCUT2D eigenvalue weighted by atomic mass is 19.1. The number of nitrogens with zero attached hydrogens (tertiary/aromatic N) is 2. The second-order valence-corrected chi connectivity index (χ2v) is 6.50. The fraction of sp³-hybridized carbons (Fsp3) is 0.238. The van der Waals surface area contributed by atoms with Crippen LogP contribution in [0.1, 0.15) is 29.3 Å². The second kappa shape index (κ2) is 7.52. The van der Waals surface area contributed by atoms with E-state index in [2.05, 4.69) is 11.2 Å². The number of aromatic nitrogens is 1. The maximum Gasteiger partial charge on any atom is 0.220 e. The van der Waals surface area contributed by atoms with E-state index in [1.165, 1.54) is 24.6 Å². The van der Waals surface area contributed by atoms with Crippen LogP contribution in [-0.2, 0) is 17.9 Å². The van der Waals surface area contributed by atoms with Gasteiger partial charge in [0.25, 0.3) is 0 Å². The number of carbonyl (C=O) groups excluding carboxylic acids is 1. The summed E-state index contributed by atoms with van der Waals surface area (Å²) in [5.74, 6) is 0.311. The molecule has 0 aliphatic rings. The van der Waals surface area contributed by atoms with E-state index in [1.54, 1.807) is 17.0 Å². The smallest absolute Gasteiger partial charge is 0.220 e. The molecule has 0 radical (unpaired) electrons. The van der Waals surface area contributed by atoms with E-state index in [9.17, 15) is 9.18 Å². The Balaban J connectivity index is 1.77. The molecular weight excluding hydrogens is 331 g/mol. The van der Waals surface area contributed by atoms with Crippen LogP contribution in [0.2, 0.25) is 0 Å². The molecule has 0 saturated heterocycles. The third-order valence-electron chi connectivity index (χ3n) is 4.29. The molecule has 2 aromatic carbocycles. The quantitative estimate of drug-likeness (QED) is 0.672. The third-order valence-corrected chi connectivity index (χ3v) is 4.29. The number of rotatable bonds is 5. The molecule has 1 aromatic heterocycles. The van der Waals surface area contributed by atoms with Crippen LogP contribution in [0.5, 0.6) is 0 Å². The van der Waals surface area contributed by atoms with E-state index < -0.39 is 0 Å². The van der Waals surface area contributed by atoms with Gasteiger partial charge in [0.05, 0.1) is 6.54 Å². The number of hydrogen-bond donors (Lipinski definition) is 0. The Kier molecular flexibility index (Phi) is 5.16. The molecule has 0 aliphatic heterocycles. The molecule has 1 amide bonds. The molecule has 4 nitrogen and oxygen atoms in total. The number of carbonyl (C=O) groups is 1. The van der Waals surface area contributed by atoms with Crippen molar-refractivity contribution in [3.05, 3.63) is 76.7 Å². The minimum atomic E-state index is -0.294. The molecule has 0 aliphatic carbocycles. The molecular formula is C21H21FN2O2. The first-order valence-corrected chi connectivity index (χ1v) is 8.45. The van der Waals surface area contributed by atoms with Crippen molar-refractivity contribution in [2.75, 3.05) is 0 Å². The topological polar surface area (TPSA) is 46.3 Å². The standard InChI is InChI=1S/C21H21FN2O2/c1-14-4-9-20(15(2)10-14)21-11-19(23-26-21)13-24(16(3)25)12-17-5-7-18(22)8-6-17/h4-11H,12-13H2,1-3H3. The summed E-state index contributed by atoms with van der Waals surface area (Å²) in [4.78, 5) is 13.6. The van der Waals surface area contributed by atoms with Crippen molar-refractivity contribution >= 4 is 5.91 Å². The van der Waals surface area contributed by atoms with Crippen LogP contribution in [0.25, 0.3) is 11.3 Å². The fourth-order valence-electron chi connectivity index (χ4n) is 2.89. The van der Waals surface area contributed by atoms with Gasteiger partial charge in [0, 0.05) is 25.1 Å². The highest BCUT2D eigenvalue weighted by Gasteiger charge is 2.15. The summed E-state index contributed by atoms with van der Waals surface area (Å²) in [6.07, 6.45) is 0. The van der Waals surface area contributed by atoms with Gasteiger partial charge in [0.1, 0.15) is 11.5 Å². The number of amides is 1. The van der Waals surface area contributed by atoms with E-state index in [-0.39, 0.29) is 11.7 Å². The van der Waals surface area contributed by atoms with Crippen LogP contribution in [0.15, 0.2) is 53.1 Å². The van der Waals surface area contributed by atoms with Crippen molar-refractivity contribution in [2.45, 2.75) is 33.9 Å². The number of benzene rings is 2. The minimum absolute atomic E-state index is 0.0783. The van der Waals surface area contributed by atoms with Crippen molar-refractivity contribution < 1.29 is 13.7 Å². The van der Waals surface area contributed by atoms with Crippen LogP contribution in [0, 0.1) is 19.7 Å². The predicted molar refractivity (Wildman–Crippen MR) is 97.7 cm³/mol. The van der Waals surface area contributed by atoms with E-state index in [0.717, 1.165) is 16.7 Å². The highest BCUT2D eigenvalue weighted by molar-refractivity contribution is 5.73. The molecule has 3 aromatic rings. The molecule has 5 heteroatoms. The van der Waals surface area contributed by atoms with Gasteiger partial charge in [-0.2, -0.15) is 0 Å². The van der Waals surface area contributed by atoms with Gasteiger partial charge in [-0.1, -0.05) is 41.1 Å². The summed E-state index contributed by atoms with van der Waals surface area (Å²) in [7, 11) is 0. The van der Waals surface area contributed by atoms with Crippen molar-refractivity contribution in [3.8, 4) is 11.3 Å². The van der Waals surface area contributed by atoms with Gasteiger partial charge in [-0.05, 0) is 37.1 Å². The molecule has 0 atom stereocenters. The van der Waals surface area contributed by atoms with Crippen LogP contribution in [0.3, 0.4) is 0 Å². The first kappa shape index (κ1) is 17.9. The molecule has 0 N–H and O–H groups in total. The van der Waals surface area contributed by atoms with Gasteiger partial charge in [-0.3, -0.25) is 4.79 Å². The monoisotopic (exact) mass is 352 g/mol. The summed E-state index contributed by atoms with van der Waals surface area (Å²) < 4.78 is 18.5. The molecule has 0 spiro atoms. The van der Waals surface area contributed by atoms with Crippen LogP contribution in [0.4, 0.5) is 4.39 Å². The molecule has 0 fully saturated rings. The molecule has 1 heterocycles. The maximum absolute atomic E-state index is 13.0. The zero-order valence-corrected chi connectivity index (χ0v) is 15.1. The second-order valence-electron chi connectivity index (χ2n) is 6.50. The van der Waals surface area contributed by atoms with Crippen LogP contribution in [-0.4, -0.2) is 16.0 Å². The number of aryl methyl sites for hydroxylation is 2. The zero-order chi connectivity index (χ0) is 18.7. The lowest BCUT2D eigenvalue weighted by Crippen LogP contribution is -2.27. The highest BCUT2D eigenvalue weighted by Crippen LogP contribution is 2.25. The van der Waals surface area contributed by atoms with Gasteiger partial charge in [-0.25, -0.2) is 4.39 Å². The Morgan fingerprint density at radius 3 is 2.46 bits per heavy atom. The molecule has 26 heavy (non-hydrogen) atoms. The van der Waals surface area contributed by atoms with Crippen molar-refractivity contribution in [1.29, 1.82) is 0 Å². The Labute approximate surface area is 152 Å². The molecule has 0 unspecified atom stereocenters. The first-order valence-electron chi connectivity index (χ1n) is 8.45. The molecule has 134 valence electrons. The van der Waals surface area contributed by atoms with E-state index >= 15 is 0 Å². The number of hydrogen-bond acceptors (Lipinski definition) is 3. The average molecular weight is 352 g/mol. The Morgan fingerprint density at radius 1 is 1.08 bits per heavy atom. The van der Waals surface area contributed by atoms with E-state index in [1.807, 2.05) is 32.0 Å². The van der Waals surface area contributed by atoms with Crippen LogP contribution < -0.4 is 0 Å². The summed E-state index contributed by atoms with van der Waals surface area (Å²) in [6, 6.07) is 14.1. The van der Waals surface area contributed by atoms with Gasteiger partial charge in [0.2, 0.25) is 5.91 Å². The molecule has 3 rings (SSSR count). The maximum atomic E-state index is 13.0. The summed E-state index contributed by atoms with van der Waals surface area (Å²) in [6.45, 7) is 6.31. The molecule has 0 bridgehead atoms. The van der Waals surface area contributed by atoms with Gasteiger partial charge in [-0.15, -0.1) is 0 Å². The SMILES string of the molecule is CC(=O)N(Cc1ccc(F)cc1)Cc1cc(-c2ccc(C)cc2C)on1. The Morgan fingerprint density at radius 2 is 1.81 bits per heavy atom. The average Bonchev–Trinajstić information content (AvgIpc) is 3.04. The van der Waals surface area contributed by atoms with Gasteiger partial charge >= 0.3 is 0 Å². The summed E-state index contributed by atoms with van der Waals surface area (Å²) in [5, 5.41) is 4.11. The van der Waals surface area contributed by atoms with E-state index in [4.69, 9.17) is 4.52 Å². The normalized spacial score (nSPS) is 10.8. The Bertz CT molecular complexity index is 916. The predicted octanol–water partition coefficient (Wildman–Crippen LogP) is 4.65. The zero-order valence-electron chi connectivity index (χ0n) is 15.1. The Hall–Kier alpha value is -2.95. The lowest BCUT2D eigenvalue weighted by Gasteiger charge is -2.19. The molecule has 0 saturated carbocycles. The minimum Gasteiger partial charge on any atom is -0.356 e. The fourth-order valence-corrected chi connectivity index (χ4v) is 2.89. The lowest BCUT2D eigenvalue weighted by molar-refractivity contribution is -0.130.